The van der Waals surface area contributed by atoms with Gasteiger partial charge in [-0.05, 0) is 43.7 Å². The van der Waals surface area contributed by atoms with E-state index >= 15 is 0 Å². The fraction of sp³-hybridized carbons (Fsp3) is 0.222. The zero-order valence-electron chi connectivity index (χ0n) is 13.8. The average molecular weight is 381 g/mol. The number of carbonyl (C=O) groups is 2. The zero-order chi connectivity index (χ0) is 18.4. The fourth-order valence-electron chi connectivity index (χ4n) is 2.03. The van der Waals surface area contributed by atoms with Crippen molar-refractivity contribution in [2.45, 2.75) is 20.0 Å². The van der Waals surface area contributed by atoms with Gasteiger partial charge in [-0.2, -0.15) is 0 Å². The first kappa shape index (κ1) is 19.1. The number of anilines is 1. The van der Waals surface area contributed by atoms with Crippen molar-refractivity contribution in [3.05, 3.63) is 58.1 Å². The highest BCUT2D eigenvalue weighted by Gasteiger charge is 2.17. The maximum atomic E-state index is 12.1. The maximum absolute atomic E-state index is 12.1. The van der Waals surface area contributed by atoms with E-state index in [1.807, 2.05) is 0 Å². The molecule has 0 bridgehead atoms. The molecule has 25 heavy (non-hydrogen) atoms. The number of para-hydroxylation sites is 1. The van der Waals surface area contributed by atoms with Crippen molar-refractivity contribution >= 4 is 40.7 Å². The Labute approximate surface area is 156 Å². The van der Waals surface area contributed by atoms with Crippen LogP contribution in [0.15, 0.2) is 42.5 Å². The SMILES string of the molecule is Cc1c(Cl)cccc1NC(=O)CNC(=O)[C@H](C)Oc1ccccc1Cl. The Morgan fingerprint density at radius 1 is 1.08 bits per heavy atom. The first-order valence-electron chi connectivity index (χ1n) is 7.62. The van der Waals surface area contributed by atoms with Crippen LogP contribution in [0.1, 0.15) is 12.5 Å². The van der Waals surface area contributed by atoms with E-state index in [1.165, 1.54) is 0 Å². The molecule has 2 rings (SSSR count). The Morgan fingerprint density at radius 2 is 1.76 bits per heavy atom. The molecule has 7 heteroatoms. The number of benzene rings is 2. The lowest BCUT2D eigenvalue weighted by atomic mass is 10.2. The summed E-state index contributed by atoms with van der Waals surface area (Å²) < 4.78 is 5.50. The number of amides is 2. The number of halogens is 2. The van der Waals surface area contributed by atoms with Gasteiger partial charge in [0.15, 0.2) is 6.10 Å². The molecule has 2 aromatic carbocycles. The second-order valence-electron chi connectivity index (χ2n) is 5.37. The maximum Gasteiger partial charge on any atom is 0.261 e. The van der Waals surface area contributed by atoms with Gasteiger partial charge in [0.05, 0.1) is 11.6 Å². The van der Waals surface area contributed by atoms with Crippen molar-refractivity contribution in [1.29, 1.82) is 0 Å². The normalized spacial score (nSPS) is 11.5. The number of carbonyl (C=O) groups excluding carboxylic acids is 2. The molecule has 0 fully saturated rings. The van der Waals surface area contributed by atoms with E-state index in [0.29, 0.717) is 21.5 Å². The summed E-state index contributed by atoms with van der Waals surface area (Å²) in [6.07, 6.45) is -0.791. The number of nitrogens with one attached hydrogen (secondary N) is 2. The van der Waals surface area contributed by atoms with Crippen LogP contribution in [-0.4, -0.2) is 24.5 Å². The molecular weight excluding hydrogens is 363 g/mol. The monoisotopic (exact) mass is 380 g/mol. The van der Waals surface area contributed by atoms with Gasteiger partial charge in [-0.15, -0.1) is 0 Å². The van der Waals surface area contributed by atoms with E-state index < -0.39 is 12.0 Å². The molecule has 0 unspecified atom stereocenters. The Bertz CT molecular complexity index is 781. The van der Waals surface area contributed by atoms with Crippen molar-refractivity contribution < 1.29 is 14.3 Å². The topological polar surface area (TPSA) is 67.4 Å². The van der Waals surface area contributed by atoms with Crippen molar-refractivity contribution in [2.24, 2.45) is 0 Å². The largest absolute Gasteiger partial charge is 0.479 e. The first-order chi connectivity index (χ1) is 11.9. The smallest absolute Gasteiger partial charge is 0.261 e. The second-order valence-corrected chi connectivity index (χ2v) is 6.18. The lowest BCUT2D eigenvalue weighted by Gasteiger charge is -2.15. The third kappa shape index (κ3) is 5.37. The molecule has 132 valence electrons. The molecule has 2 N–H and O–H groups in total. The first-order valence-corrected chi connectivity index (χ1v) is 8.38. The van der Waals surface area contributed by atoms with Gasteiger partial charge in [0, 0.05) is 10.7 Å². The predicted octanol–water partition coefficient (Wildman–Crippen LogP) is 3.82. The number of hydrogen-bond donors (Lipinski definition) is 2. The highest BCUT2D eigenvalue weighted by molar-refractivity contribution is 6.32. The molecule has 5 nitrogen and oxygen atoms in total. The molecule has 0 saturated heterocycles. The summed E-state index contributed by atoms with van der Waals surface area (Å²) in [6.45, 7) is 3.20. The number of rotatable bonds is 6. The second kappa shape index (κ2) is 8.74. The van der Waals surface area contributed by atoms with Crippen molar-refractivity contribution in [3.8, 4) is 5.75 Å². The standard InChI is InChI=1S/C18H18Cl2N2O3/c1-11-13(19)7-5-8-15(11)22-17(23)10-21-18(24)12(2)25-16-9-4-3-6-14(16)20/h3-9,12H,10H2,1-2H3,(H,21,24)(H,22,23)/t12-/m0/s1. The Morgan fingerprint density at radius 3 is 2.48 bits per heavy atom. The molecule has 0 saturated carbocycles. The van der Waals surface area contributed by atoms with E-state index in [-0.39, 0.29) is 12.5 Å². The molecule has 0 spiro atoms. The Balaban J connectivity index is 1.85. The molecule has 0 aliphatic rings. The summed E-state index contributed by atoms with van der Waals surface area (Å²) in [6, 6.07) is 12.1. The number of hydrogen-bond acceptors (Lipinski definition) is 3. The molecule has 0 heterocycles. The molecule has 0 aliphatic carbocycles. The predicted molar refractivity (Wildman–Crippen MR) is 99.4 cm³/mol. The molecule has 0 aliphatic heterocycles. The van der Waals surface area contributed by atoms with Crippen LogP contribution in [0, 0.1) is 6.92 Å². The van der Waals surface area contributed by atoms with E-state index in [2.05, 4.69) is 10.6 Å². The summed E-state index contributed by atoms with van der Waals surface area (Å²) in [5.74, 6) is -0.368. The summed E-state index contributed by atoms with van der Waals surface area (Å²) in [5.41, 5.74) is 1.37. The highest BCUT2D eigenvalue weighted by atomic mass is 35.5. The van der Waals surface area contributed by atoms with Crippen LogP contribution in [0.3, 0.4) is 0 Å². The quantitative estimate of drug-likeness (QED) is 0.799. The van der Waals surface area contributed by atoms with E-state index in [1.54, 1.807) is 56.3 Å². The van der Waals surface area contributed by atoms with E-state index in [4.69, 9.17) is 27.9 Å². The summed E-state index contributed by atoms with van der Waals surface area (Å²) in [5, 5.41) is 6.20. The number of ether oxygens (including phenoxy) is 1. The minimum absolute atomic E-state index is 0.180. The van der Waals surface area contributed by atoms with Crippen LogP contribution < -0.4 is 15.4 Å². The Hall–Kier alpha value is -2.24. The Kier molecular flexibility index (Phi) is 6.67. The zero-order valence-corrected chi connectivity index (χ0v) is 15.3. The molecule has 0 radical (unpaired) electrons. The summed E-state index contributed by atoms with van der Waals surface area (Å²) in [4.78, 5) is 24.0. The van der Waals surface area contributed by atoms with Gasteiger partial charge in [0.25, 0.3) is 5.91 Å². The lowest BCUT2D eigenvalue weighted by molar-refractivity contribution is -0.129. The van der Waals surface area contributed by atoms with Crippen LogP contribution in [-0.2, 0) is 9.59 Å². The average Bonchev–Trinajstić information content (AvgIpc) is 2.58. The van der Waals surface area contributed by atoms with Crippen LogP contribution in [0.2, 0.25) is 10.0 Å². The van der Waals surface area contributed by atoms with Crippen LogP contribution in [0.25, 0.3) is 0 Å². The molecule has 2 amide bonds. The lowest BCUT2D eigenvalue weighted by Crippen LogP contribution is -2.40. The van der Waals surface area contributed by atoms with Crippen LogP contribution >= 0.6 is 23.2 Å². The van der Waals surface area contributed by atoms with Gasteiger partial charge in [0.2, 0.25) is 5.91 Å². The van der Waals surface area contributed by atoms with Gasteiger partial charge < -0.3 is 15.4 Å². The van der Waals surface area contributed by atoms with Gasteiger partial charge in [-0.1, -0.05) is 41.4 Å². The third-order valence-electron chi connectivity index (χ3n) is 3.47. The van der Waals surface area contributed by atoms with Gasteiger partial charge in [-0.3, -0.25) is 9.59 Å². The third-order valence-corrected chi connectivity index (χ3v) is 4.20. The minimum Gasteiger partial charge on any atom is -0.479 e. The van der Waals surface area contributed by atoms with Crippen molar-refractivity contribution in [1.82, 2.24) is 5.32 Å². The molecule has 1 atom stereocenters. The summed E-state index contributed by atoms with van der Waals surface area (Å²) in [7, 11) is 0. The molecular formula is C18H18Cl2N2O3. The summed E-state index contributed by atoms with van der Waals surface area (Å²) >= 11 is 12.0. The van der Waals surface area contributed by atoms with Gasteiger partial charge in [-0.25, -0.2) is 0 Å². The van der Waals surface area contributed by atoms with Gasteiger partial charge in [0.1, 0.15) is 5.75 Å². The molecule has 2 aromatic rings. The fourth-order valence-corrected chi connectivity index (χ4v) is 2.39. The van der Waals surface area contributed by atoms with Crippen LogP contribution in [0.5, 0.6) is 5.75 Å². The minimum atomic E-state index is -0.791. The van der Waals surface area contributed by atoms with Gasteiger partial charge >= 0.3 is 0 Å². The van der Waals surface area contributed by atoms with Crippen molar-refractivity contribution in [2.75, 3.05) is 11.9 Å². The van der Waals surface area contributed by atoms with Crippen LogP contribution in [0.4, 0.5) is 5.69 Å². The highest BCUT2D eigenvalue weighted by Crippen LogP contribution is 2.24. The van der Waals surface area contributed by atoms with E-state index in [9.17, 15) is 9.59 Å². The van der Waals surface area contributed by atoms with Crippen molar-refractivity contribution in [3.63, 3.8) is 0 Å². The van der Waals surface area contributed by atoms with E-state index in [0.717, 1.165) is 5.56 Å². The molecule has 0 aromatic heterocycles.